The molecule has 0 aliphatic carbocycles. The van der Waals surface area contributed by atoms with E-state index in [-0.39, 0.29) is 6.03 Å². The van der Waals surface area contributed by atoms with Crippen molar-refractivity contribution in [3.63, 3.8) is 0 Å². The molecule has 1 saturated heterocycles. The number of nitrogens with zero attached hydrogens (tertiary/aromatic N) is 4. The number of rotatable bonds is 4. The van der Waals surface area contributed by atoms with E-state index in [4.69, 9.17) is 0 Å². The molecule has 1 fully saturated rings. The fourth-order valence-electron chi connectivity index (χ4n) is 2.95. The van der Waals surface area contributed by atoms with Crippen molar-refractivity contribution >= 4 is 6.03 Å². The van der Waals surface area contributed by atoms with Gasteiger partial charge in [0.2, 0.25) is 0 Å². The van der Waals surface area contributed by atoms with Crippen LogP contribution in [0.25, 0.3) is 0 Å². The van der Waals surface area contributed by atoms with Crippen LogP contribution in [0, 0.1) is 5.92 Å². The second-order valence-corrected chi connectivity index (χ2v) is 5.57. The van der Waals surface area contributed by atoms with E-state index in [0.717, 1.165) is 44.8 Å². The van der Waals surface area contributed by atoms with Crippen molar-refractivity contribution in [3.05, 3.63) is 18.2 Å². The van der Waals surface area contributed by atoms with Crippen LogP contribution in [-0.4, -0.2) is 51.6 Å². The number of amides is 2. The van der Waals surface area contributed by atoms with E-state index < -0.39 is 0 Å². The Balaban J connectivity index is 1.95. The average Bonchev–Trinajstić information content (AvgIpc) is 2.86. The molecule has 1 aliphatic rings. The minimum absolute atomic E-state index is 0.194. The highest BCUT2D eigenvalue weighted by molar-refractivity contribution is 5.74. The van der Waals surface area contributed by atoms with Crippen molar-refractivity contribution in [1.29, 1.82) is 0 Å². The second kappa shape index (κ2) is 6.77. The summed E-state index contributed by atoms with van der Waals surface area (Å²) < 4.78 is 2.07. The molecule has 20 heavy (non-hydrogen) atoms. The summed E-state index contributed by atoms with van der Waals surface area (Å²) in [5, 5.41) is 0. The van der Waals surface area contributed by atoms with Crippen LogP contribution in [0.2, 0.25) is 0 Å². The molecular formula is C15H26N4O. The SMILES string of the molecule is CCN(CC)C(=O)N1CCC[C@H](Cc2nccn2C)C1. The predicted octanol–water partition coefficient (Wildman–Crippen LogP) is 2.14. The Morgan fingerprint density at radius 3 is 2.80 bits per heavy atom. The normalized spacial score (nSPS) is 19.1. The van der Waals surface area contributed by atoms with Gasteiger partial charge in [0.1, 0.15) is 5.82 Å². The van der Waals surface area contributed by atoms with Gasteiger partial charge in [-0.15, -0.1) is 0 Å². The summed E-state index contributed by atoms with van der Waals surface area (Å²) in [5.74, 6) is 1.65. The summed E-state index contributed by atoms with van der Waals surface area (Å²) in [6.45, 7) is 7.41. The number of carbonyl (C=O) groups is 1. The number of urea groups is 1. The number of hydrogen-bond acceptors (Lipinski definition) is 2. The molecule has 0 aromatic carbocycles. The standard InChI is InChI=1S/C15H26N4O/c1-4-18(5-2)15(20)19-9-6-7-13(12-19)11-14-16-8-10-17(14)3/h8,10,13H,4-7,9,11-12H2,1-3H3/t13-/m1/s1. The second-order valence-electron chi connectivity index (χ2n) is 5.57. The zero-order chi connectivity index (χ0) is 14.5. The molecule has 1 aromatic rings. The number of aromatic nitrogens is 2. The van der Waals surface area contributed by atoms with Crippen LogP contribution < -0.4 is 0 Å². The van der Waals surface area contributed by atoms with Gasteiger partial charge in [-0.1, -0.05) is 0 Å². The summed E-state index contributed by atoms with van der Waals surface area (Å²) in [4.78, 5) is 20.7. The first kappa shape index (κ1) is 14.9. The molecule has 0 saturated carbocycles. The van der Waals surface area contributed by atoms with Gasteiger partial charge in [0, 0.05) is 52.0 Å². The number of imidazole rings is 1. The Bertz CT molecular complexity index is 439. The molecule has 112 valence electrons. The van der Waals surface area contributed by atoms with Gasteiger partial charge in [-0.25, -0.2) is 9.78 Å². The zero-order valence-corrected chi connectivity index (χ0v) is 12.9. The first-order valence-corrected chi connectivity index (χ1v) is 7.65. The predicted molar refractivity (Wildman–Crippen MR) is 79.5 cm³/mol. The molecule has 1 atom stereocenters. The zero-order valence-electron chi connectivity index (χ0n) is 12.9. The third-order valence-electron chi connectivity index (χ3n) is 4.22. The Morgan fingerprint density at radius 1 is 1.45 bits per heavy atom. The quantitative estimate of drug-likeness (QED) is 0.846. The topological polar surface area (TPSA) is 41.4 Å². The van der Waals surface area contributed by atoms with E-state index in [2.05, 4.69) is 9.55 Å². The molecule has 0 unspecified atom stereocenters. The van der Waals surface area contributed by atoms with Gasteiger partial charge in [-0.3, -0.25) is 0 Å². The molecule has 2 amide bonds. The summed E-state index contributed by atoms with van der Waals surface area (Å²) in [6, 6.07) is 0.194. The van der Waals surface area contributed by atoms with E-state index in [1.807, 2.05) is 43.1 Å². The number of likely N-dealkylation sites (tertiary alicyclic amines) is 1. The van der Waals surface area contributed by atoms with E-state index >= 15 is 0 Å². The average molecular weight is 278 g/mol. The van der Waals surface area contributed by atoms with Crippen molar-refractivity contribution in [3.8, 4) is 0 Å². The Labute approximate surface area is 121 Å². The molecule has 0 spiro atoms. The van der Waals surface area contributed by atoms with Gasteiger partial charge in [-0.05, 0) is 32.6 Å². The van der Waals surface area contributed by atoms with Crippen LogP contribution in [0.5, 0.6) is 0 Å². The van der Waals surface area contributed by atoms with Crippen LogP contribution >= 0.6 is 0 Å². The minimum atomic E-state index is 0.194. The largest absolute Gasteiger partial charge is 0.338 e. The van der Waals surface area contributed by atoms with Crippen LogP contribution in [0.1, 0.15) is 32.5 Å². The van der Waals surface area contributed by atoms with Crippen molar-refractivity contribution < 1.29 is 4.79 Å². The Kier molecular flexibility index (Phi) is 5.04. The maximum Gasteiger partial charge on any atom is 0.319 e. The lowest BCUT2D eigenvalue weighted by Crippen LogP contribution is -2.47. The van der Waals surface area contributed by atoms with E-state index in [9.17, 15) is 4.79 Å². The number of hydrogen-bond donors (Lipinski definition) is 0. The third-order valence-corrected chi connectivity index (χ3v) is 4.22. The van der Waals surface area contributed by atoms with Gasteiger partial charge in [0.05, 0.1) is 0 Å². The summed E-state index contributed by atoms with van der Waals surface area (Å²) in [7, 11) is 2.03. The van der Waals surface area contributed by atoms with E-state index in [1.165, 1.54) is 6.42 Å². The molecular weight excluding hydrogens is 252 g/mol. The number of piperidine rings is 1. The fourth-order valence-corrected chi connectivity index (χ4v) is 2.95. The lowest BCUT2D eigenvalue weighted by atomic mass is 9.94. The van der Waals surface area contributed by atoms with Crippen LogP contribution in [0.15, 0.2) is 12.4 Å². The Hall–Kier alpha value is -1.52. The molecule has 2 rings (SSSR count). The van der Waals surface area contributed by atoms with Crippen LogP contribution in [0.4, 0.5) is 4.79 Å². The van der Waals surface area contributed by atoms with Gasteiger partial charge in [0.15, 0.2) is 0 Å². The van der Waals surface area contributed by atoms with Gasteiger partial charge >= 0.3 is 6.03 Å². The van der Waals surface area contributed by atoms with Crippen LogP contribution in [-0.2, 0) is 13.5 Å². The summed E-state index contributed by atoms with van der Waals surface area (Å²) >= 11 is 0. The maximum atomic E-state index is 12.4. The van der Waals surface area contributed by atoms with Crippen molar-refractivity contribution in [2.24, 2.45) is 13.0 Å². The van der Waals surface area contributed by atoms with Crippen LogP contribution in [0.3, 0.4) is 0 Å². The monoisotopic (exact) mass is 278 g/mol. The maximum absolute atomic E-state index is 12.4. The van der Waals surface area contributed by atoms with Crippen molar-refractivity contribution in [2.75, 3.05) is 26.2 Å². The highest BCUT2D eigenvalue weighted by atomic mass is 16.2. The molecule has 5 nitrogen and oxygen atoms in total. The summed E-state index contributed by atoms with van der Waals surface area (Å²) in [5.41, 5.74) is 0. The van der Waals surface area contributed by atoms with Crippen molar-refractivity contribution in [1.82, 2.24) is 19.4 Å². The van der Waals surface area contributed by atoms with Gasteiger partial charge in [0.25, 0.3) is 0 Å². The van der Waals surface area contributed by atoms with Crippen molar-refractivity contribution in [2.45, 2.75) is 33.1 Å². The number of carbonyl (C=O) groups excluding carboxylic acids is 1. The first-order chi connectivity index (χ1) is 9.65. The van der Waals surface area contributed by atoms with Gasteiger partial charge < -0.3 is 14.4 Å². The van der Waals surface area contributed by atoms with Gasteiger partial charge in [-0.2, -0.15) is 0 Å². The molecule has 0 bridgehead atoms. The molecule has 1 aromatic heterocycles. The molecule has 2 heterocycles. The lowest BCUT2D eigenvalue weighted by Gasteiger charge is -2.35. The highest BCUT2D eigenvalue weighted by Gasteiger charge is 2.26. The summed E-state index contributed by atoms with van der Waals surface area (Å²) in [6.07, 6.45) is 7.08. The smallest absolute Gasteiger partial charge is 0.319 e. The third kappa shape index (κ3) is 3.32. The molecule has 0 radical (unpaired) electrons. The molecule has 1 aliphatic heterocycles. The molecule has 0 N–H and O–H groups in total. The lowest BCUT2D eigenvalue weighted by molar-refractivity contribution is 0.131. The molecule has 5 heteroatoms. The number of aryl methyl sites for hydroxylation is 1. The van der Waals surface area contributed by atoms with E-state index in [1.54, 1.807) is 0 Å². The first-order valence-electron chi connectivity index (χ1n) is 7.65. The Morgan fingerprint density at radius 2 is 2.20 bits per heavy atom. The minimum Gasteiger partial charge on any atom is -0.338 e. The van der Waals surface area contributed by atoms with E-state index in [0.29, 0.717) is 5.92 Å². The fraction of sp³-hybridized carbons (Fsp3) is 0.733. The highest BCUT2D eigenvalue weighted by Crippen LogP contribution is 2.21.